The number of rotatable bonds is 5. The summed E-state index contributed by atoms with van der Waals surface area (Å²) in [5, 5.41) is 0. The maximum atomic E-state index is 11.9. The highest BCUT2D eigenvalue weighted by Crippen LogP contribution is 2.43. The predicted octanol–water partition coefficient (Wildman–Crippen LogP) is 2.14. The highest BCUT2D eigenvalue weighted by Gasteiger charge is 2.44. The van der Waals surface area contributed by atoms with Crippen LogP contribution in [0.2, 0.25) is 0 Å². The summed E-state index contributed by atoms with van der Waals surface area (Å²) in [7, 11) is 1.38. The first-order valence-electron chi connectivity index (χ1n) is 7.73. The van der Waals surface area contributed by atoms with Crippen molar-refractivity contribution >= 4 is 5.97 Å². The van der Waals surface area contributed by atoms with Crippen molar-refractivity contribution in [3.05, 3.63) is 59.4 Å². The molecule has 0 radical (unpaired) electrons. The molecule has 1 aromatic rings. The van der Waals surface area contributed by atoms with Crippen molar-refractivity contribution in [3.63, 3.8) is 0 Å². The lowest BCUT2D eigenvalue weighted by atomic mass is 9.83. The summed E-state index contributed by atoms with van der Waals surface area (Å²) in [5.74, 6) is -0.383. The van der Waals surface area contributed by atoms with E-state index in [1.807, 2.05) is 30.3 Å². The van der Waals surface area contributed by atoms with Crippen LogP contribution in [0.4, 0.5) is 0 Å². The van der Waals surface area contributed by atoms with Gasteiger partial charge in [-0.2, -0.15) is 0 Å². The molecule has 5 nitrogen and oxygen atoms in total. The van der Waals surface area contributed by atoms with Gasteiger partial charge in [0.15, 0.2) is 0 Å². The fourth-order valence-corrected chi connectivity index (χ4v) is 3.25. The number of methoxy groups -OCH3 is 1. The molecule has 2 aliphatic rings. The minimum Gasteiger partial charge on any atom is -0.471 e. The first-order valence-corrected chi connectivity index (χ1v) is 7.73. The topological polar surface area (TPSA) is 70.8 Å². The van der Waals surface area contributed by atoms with Crippen molar-refractivity contribution in [2.24, 2.45) is 17.6 Å². The Bertz CT molecular complexity index is 623. The molecule has 1 aliphatic heterocycles. The second-order valence-corrected chi connectivity index (χ2v) is 5.72. The van der Waals surface area contributed by atoms with Crippen molar-refractivity contribution in [1.82, 2.24) is 0 Å². The van der Waals surface area contributed by atoms with E-state index in [0.29, 0.717) is 18.7 Å². The maximum Gasteiger partial charge on any atom is 0.337 e. The highest BCUT2D eigenvalue weighted by atomic mass is 16.7. The molecule has 0 amide bonds. The summed E-state index contributed by atoms with van der Waals surface area (Å²) < 4.78 is 16.5. The van der Waals surface area contributed by atoms with Crippen LogP contribution in [0.25, 0.3) is 0 Å². The van der Waals surface area contributed by atoms with Gasteiger partial charge in [-0.15, -0.1) is 0 Å². The Morgan fingerprint density at radius 3 is 2.83 bits per heavy atom. The van der Waals surface area contributed by atoms with Crippen LogP contribution >= 0.6 is 0 Å². The van der Waals surface area contributed by atoms with Gasteiger partial charge in [-0.05, 0) is 12.0 Å². The molecular weight excluding hydrogens is 294 g/mol. The fraction of sp³-hybridized carbons (Fsp3) is 0.389. The van der Waals surface area contributed by atoms with Gasteiger partial charge in [-0.25, -0.2) is 4.79 Å². The molecule has 1 heterocycles. The van der Waals surface area contributed by atoms with E-state index in [9.17, 15) is 4.79 Å². The molecule has 1 aliphatic carbocycles. The number of hydrogen-bond donors (Lipinski definition) is 1. The predicted molar refractivity (Wildman–Crippen MR) is 84.9 cm³/mol. The zero-order valence-electron chi connectivity index (χ0n) is 13.1. The quantitative estimate of drug-likeness (QED) is 0.666. The molecule has 23 heavy (non-hydrogen) atoms. The Balaban J connectivity index is 1.76. The van der Waals surface area contributed by atoms with Crippen LogP contribution < -0.4 is 5.73 Å². The summed E-state index contributed by atoms with van der Waals surface area (Å²) in [6, 6.07) is 9.92. The van der Waals surface area contributed by atoms with E-state index in [1.54, 1.807) is 0 Å². The summed E-state index contributed by atoms with van der Waals surface area (Å²) in [4.78, 5) is 11.9. The Hall–Kier alpha value is -2.11. The van der Waals surface area contributed by atoms with Crippen LogP contribution in [0.15, 0.2) is 53.8 Å². The molecule has 0 fully saturated rings. The van der Waals surface area contributed by atoms with Gasteiger partial charge in [0.05, 0.1) is 31.5 Å². The van der Waals surface area contributed by atoms with E-state index < -0.39 is 6.29 Å². The first-order chi connectivity index (χ1) is 11.2. The summed E-state index contributed by atoms with van der Waals surface area (Å²) in [6.07, 6.45) is 3.88. The van der Waals surface area contributed by atoms with Crippen LogP contribution in [0.5, 0.6) is 0 Å². The van der Waals surface area contributed by atoms with Crippen LogP contribution in [0, 0.1) is 11.8 Å². The van der Waals surface area contributed by atoms with Crippen LogP contribution in [-0.2, 0) is 25.6 Å². The van der Waals surface area contributed by atoms with Gasteiger partial charge in [-0.1, -0.05) is 42.0 Å². The van der Waals surface area contributed by atoms with Gasteiger partial charge in [0, 0.05) is 12.5 Å². The molecule has 122 valence electrons. The molecule has 0 saturated carbocycles. The largest absolute Gasteiger partial charge is 0.471 e. The number of allylic oxidation sites excluding steroid dienone is 1. The zero-order chi connectivity index (χ0) is 16.2. The van der Waals surface area contributed by atoms with Crippen molar-refractivity contribution in [3.8, 4) is 0 Å². The molecular formula is C18H21NO4. The van der Waals surface area contributed by atoms with Crippen LogP contribution in [0.1, 0.15) is 12.0 Å². The first kappa shape index (κ1) is 15.8. The Kier molecular flexibility index (Phi) is 4.79. The van der Waals surface area contributed by atoms with Crippen LogP contribution in [-0.4, -0.2) is 25.9 Å². The molecule has 0 aromatic heterocycles. The molecule has 5 heteroatoms. The molecule has 3 rings (SSSR count). The monoisotopic (exact) mass is 315 g/mol. The maximum absolute atomic E-state index is 11.9. The molecule has 2 unspecified atom stereocenters. The average Bonchev–Trinajstić information content (AvgIpc) is 3.04. The van der Waals surface area contributed by atoms with Gasteiger partial charge in [0.25, 0.3) is 0 Å². The second-order valence-electron chi connectivity index (χ2n) is 5.72. The number of carbonyl (C=O) groups excluding carboxylic acids is 1. The third-order valence-corrected chi connectivity index (χ3v) is 4.43. The fourth-order valence-electron chi connectivity index (χ4n) is 3.25. The van der Waals surface area contributed by atoms with Gasteiger partial charge in [0.1, 0.15) is 0 Å². The van der Waals surface area contributed by atoms with Gasteiger partial charge < -0.3 is 19.9 Å². The number of hydrogen-bond acceptors (Lipinski definition) is 5. The Labute approximate surface area is 135 Å². The number of nitrogens with two attached hydrogens (primary N) is 1. The summed E-state index contributed by atoms with van der Waals surface area (Å²) in [5.41, 5.74) is 8.55. The van der Waals surface area contributed by atoms with Crippen molar-refractivity contribution < 1.29 is 19.0 Å². The van der Waals surface area contributed by atoms with Crippen molar-refractivity contribution in [2.75, 3.05) is 13.7 Å². The SMILES string of the molecule is COC(=O)C1=CO[C@@H](OCc2ccccc2)C2C(CN)=CCC12. The third kappa shape index (κ3) is 3.16. The van der Waals surface area contributed by atoms with E-state index in [4.69, 9.17) is 19.9 Å². The molecule has 0 bridgehead atoms. The van der Waals surface area contributed by atoms with E-state index in [0.717, 1.165) is 17.6 Å². The minimum atomic E-state index is -0.439. The zero-order valence-corrected chi connectivity index (χ0v) is 13.1. The smallest absolute Gasteiger partial charge is 0.337 e. The van der Waals surface area contributed by atoms with Crippen molar-refractivity contribution in [2.45, 2.75) is 19.3 Å². The Morgan fingerprint density at radius 2 is 2.13 bits per heavy atom. The lowest BCUT2D eigenvalue weighted by Gasteiger charge is -2.34. The number of carbonyl (C=O) groups is 1. The highest BCUT2D eigenvalue weighted by molar-refractivity contribution is 5.89. The number of fused-ring (bicyclic) bond motifs is 1. The lowest BCUT2D eigenvalue weighted by Crippen LogP contribution is -2.38. The molecule has 2 N–H and O–H groups in total. The van der Waals surface area contributed by atoms with E-state index in [-0.39, 0.29) is 17.8 Å². The average molecular weight is 315 g/mol. The van der Waals surface area contributed by atoms with Gasteiger partial charge in [0.2, 0.25) is 6.29 Å². The molecule has 0 spiro atoms. The summed E-state index contributed by atoms with van der Waals surface area (Å²) >= 11 is 0. The third-order valence-electron chi connectivity index (χ3n) is 4.43. The van der Waals surface area contributed by atoms with E-state index in [2.05, 4.69) is 6.08 Å². The van der Waals surface area contributed by atoms with Gasteiger partial charge >= 0.3 is 5.97 Å². The number of esters is 1. The molecule has 0 saturated heterocycles. The van der Waals surface area contributed by atoms with Crippen molar-refractivity contribution in [1.29, 1.82) is 0 Å². The summed E-state index contributed by atoms with van der Waals surface area (Å²) in [6.45, 7) is 0.887. The molecule has 1 aromatic carbocycles. The number of benzene rings is 1. The normalized spacial score (nSPS) is 25.9. The van der Waals surface area contributed by atoms with Crippen LogP contribution in [0.3, 0.4) is 0 Å². The second kappa shape index (κ2) is 6.98. The Morgan fingerprint density at radius 1 is 1.35 bits per heavy atom. The van der Waals surface area contributed by atoms with E-state index in [1.165, 1.54) is 13.4 Å². The lowest BCUT2D eigenvalue weighted by molar-refractivity contribution is -0.160. The minimum absolute atomic E-state index is 0.00974. The molecule has 3 atom stereocenters. The standard InChI is InChI=1S/C18H21NO4/c1-21-17(20)15-11-23-18(16-13(9-19)7-8-14(15)16)22-10-12-5-3-2-4-6-12/h2-7,11,14,16,18H,8-10,19H2,1H3/t14?,16?,18-/m1/s1. The number of ether oxygens (including phenoxy) is 3. The van der Waals surface area contributed by atoms with E-state index >= 15 is 0 Å². The van der Waals surface area contributed by atoms with Gasteiger partial charge in [-0.3, -0.25) is 0 Å².